The SMILES string of the molecule is O=[N+]([O-])c1ccc(Br)cc1-c1ccc2ccccc2c1-c1ccccc1. The molecule has 126 valence electrons. The molecule has 0 bridgehead atoms. The van der Waals surface area contributed by atoms with E-state index in [0.29, 0.717) is 5.56 Å². The number of nitrogens with zero attached hydrogens (tertiary/aromatic N) is 1. The minimum atomic E-state index is -0.328. The second-order valence-electron chi connectivity index (χ2n) is 5.99. The van der Waals surface area contributed by atoms with Gasteiger partial charge in [0.15, 0.2) is 0 Å². The van der Waals surface area contributed by atoms with Crippen LogP contribution in [0.1, 0.15) is 0 Å². The number of fused-ring (bicyclic) bond motifs is 1. The lowest BCUT2D eigenvalue weighted by Gasteiger charge is -2.14. The van der Waals surface area contributed by atoms with Gasteiger partial charge >= 0.3 is 0 Å². The van der Waals surface area contributed by atoms with Gasteiger partial charge in [0.05, 0.1) is 10.5 Å². The summed E-state index contributed by atoms with van der Waals surface area (Å²) in [5.74, 6) is 0. The van der Waals surface area contributed by atoms with Crippen molar-refractivity contribution in [3.63, 3.8) is 0 Å². The Kier molecular flexibility index (Phi) is 4.27. The quantitative estimate of drug-likeness (QED) is 0.277. The molecule has 4 aromatic rings. The van der Waals surface area contributed by atoms with Crippen molar-refractivity contribution in [3.8, 4) is 22.3 Å². The number of hydrogen-bond donors (Lipinski definition) is 0. The van der Waals surface area contributed by atoms with Crippen LogP contribution in [0, 0.1) is 10.1 Å². The van der Waals surface area contributed by atoms with Crippen molar-refractivity contribution >= 4 is 32.4 Å². The lowest BCUT2D eigenvalue weighted by Crippen LogP contribution is -1.94. The van der Waals surface area contributed by atoms with E-state index in [1.54, 1.807) is 12.1 Å². The number of rotatable bonds is 3. The maximum Gasteiger partial charge on any atom is 0.277 e. The largest absolute Gasteiger partial charge is 0.277 e. The maximum absolute atomic E-state index is 11.6. The first-order valence-electron chi connectivity index (χ1n) is 8.16. The number of hydrogen-bond acceptors (Lipinski definition) is 2. The Morgan fingerprint density at radius 2 is 1.50 bits per heavy atom. The standard InChI is InChI=1S/C22H14BrNO2/c23-17-11-13-21(24(25)26)20(14-17)19-12-10-15-6-4-5-9-18(15)22(19)16-7-2-1-3-8-16/h1-14H. The molecule has 26 heavy (non-hydrogen) atoms. The summed E-state index contributed by atoms with van der Waals surface area (Å²) in [7, 11) is 0. The summed E-state index contributed by atoms with van der Waals surface area (Å²) in [6.07, 6.45) is 0. The van der Waals surface area contributed by atoms with Gasteiger partial charge in [-0.25, -0.2) is 0 Å². The minimum Gasteiger partial charge on any atom is -0.258 e. The van der Waals surface area contributed by atoms with Crippen molar-refractivity contribution in [2.45, 2.75) is 0 Å². The lowest BCUT2D eigenvalue weighted by molar-refractivity contribution is -0.384. The van der Waals surface area contributed by atoms with E-state index in [1.165, 1.54) is 0 Å². The van der Waals surface area contributed by atoms with Gasteiger partial charge in [-0.2, -0.15) is 0 Å². The normalized spacial score (nSPS) is 10.8. The van der Waals surface area contributed by atoms with Crippen molar-refractivity contribution in [1.29, 1.82) is 0 Å². The highest BCUT2D eigenvalue weighted by atomic mass is 79.9. The Labute approximate surface area is 159 Å². The molecule has 0 heterocycles. The van der Waals surface area contributed by atoms with Gasteiger partial charge in [0.1, 0.15) is 0 Å². The van der Waals surface area contributed by atoms with E-state index in [9.17, 15) is 10.1 Å². The van der Waals surface area contributed by atoms with Crippen LogP contribution in [0.4, 0.5) is 5.69 Å². The van der Waals surface area contributed by atoms with Gasteiger partial charge in [0.25, 0.3) is 5.69 Å². The first kappa shape index (κ1) is 16.5. The predicted octanol–water partition coefficient (Wildman–Crippen LogP) is 6.84. The van der Waals surface area contributed by atoms with Crippen LogP contribution in [0.25, 0.3) is 33.0 Å². The van der Waals surface area contributed by atoms with Crippen LogP contribution in [0.5, 0.6) is 0 Å². The molecule has 0 aliphatic heterocycles. The maximum atomic E-state index is 11.6. The van der Waals surface area contributed by atoms with E-state index < -0.39 is 0 Å². The molecule has 0 fully saturated rings. The highest BCUT2D eigenvalue weighted by Gasteiger charge is 2.20. The van der Waals surface area contributed by atoms with Crippen LogP contribution in [0.3, 0.4) is 0 Å². The van der Waals surface area contributed by atoms with Crippen LogP contribution in [0.2, 0.25) is 0 Å². The topological polar surface area (TPSA) is 43.1 Å². The average molecular weight is 404 g/mol. The molecule has 4 aromatic carbocycles. The number of halogens is 1. The Bertz CT molecular complexity index is 1120. The van der Waals surface area contributed by atoms with E-state index >= 15 is 0 Å². The van der Waals surface area contributed by atoms with Crippen molar-refractivity contribution in [2.75, 3.05) is 0 Å². The fraction of sp³-hybridized carbons (Fsp3) is 0. The second-order valence-corrected chi connectivity index (χ2v) is 6.91. The third-order valence-corrected chi connectivity index (χ3v) is 4.93. The van der Waals surface area contributed by atoms with Gasteiger partial charge in [-0.15, -0.1) is 0 Å². The first-order chi connectivity index (χ1) is 12.6. The Morgan fingerprint density at radius 3 is 2.27 bits per heavy atom. The van der Waals surface area contributed by atoms with Crippen LogP contribution < -0.4 is 0 Å². The van der Waals surface area contributed by atoms with Gasteiger partial charge in [0, 0.05) is 10.5 Å². The molecule has 0 N–H and O–H groups in total. The van der Waals surface area contributed by atoms with Gasteiger partial charge < -0.3 is 0 Å². The zero-order valence-corrected chi connectivity index (χ0v) is 15.3. The molecule has 0 aliphatic carbocycles. The molecule has 0 unspecified atom stereocenters. The van der Waals surface area contributed by atoms with Crippen LogP contribution in [-0.4, -0.2) is 4.92 Å². The van der Waals surface area contributed by atoms with Crippen molar-refractivity contribution in [3.05, 3.63) is 99.5 Å². The molecule has 0 saturated carbocycles. The molecule has 4 heteroatoms. The Balaban J connectivity index is 2.12. The molecule has 0 aliphatic rings. The molecular weight excluding hydrogens is 390 g/mol. The fourth-order valence-corrected chi connectivity index (χ4v) is 3.66. The molecule has 0 atom stereocenters. The monoisotopic (exact) mass is 403 g/mol. The summed E-state index contributed by atoms with van der Waals surface area (Å²) in [6.45, 7) is 0. The molecule has 0 radical (unpaired) electrons. The highest BCUT2D eigenvalue weighted by Crippen LogP contribution is 2.42. The summed E-state index contributed by atoms with van der Waals surface area (Å²) < 4.78 is 0.810. The van der Waals surface area contributed by atoms with E-state index in [4.69, 9.17) is 0 Å². The van der Waals surface area contributed by atoms with Crippen molar-refractivity contribution < 1.29 is 4.92 Å². The second kappa shape index (κ2) is 6.73. The summed E-state index contributed by atoms with van der Waals surface area (Å²) in [6, 6.07) is 27.2. The number of benzene rings is 4. The van der Waals surface area contributed by atoms with Crippen molar-refractivity contribution in [1.82, 2.24) is 0 Å². The smallest absolute Gasteiger partial charge is 0.258 e. The molecule has 3 nitrogen and oxygen atoms in total. The lowest BCUT2D eigenvalue weighted by atomic mass is 9.89. The Morgan fingerprint density at radius 1 is 0.769 bits per heavy atom. The van der Waals surface area contributed by atoms with Gasteiger partial charge in [-0.05, 0) is 39.6 Å². The molecule has 0 saturated heterocycles. The molecule has 0 aromatic heterocycles. The van der Waals surface area contributed by atoms with E-state index in [2.05, 4.69) is 28.1 Å². The predicted molar refractivity (Wildman–Crippen MR) is 109 cm³/mol. The summed E-state index contributed by atoms with van der Waals surface area (Å²) in [5, 5.41) is 13.8. The molecule has 0 spiro atoms. The van der Waals surface area contributed by atoms with E-state index in [-0.39, 0.29) is 10.6 Å². The Hall–Kier alpha value is -2.98. The average Bonchev–Trinajstić information content (AvgIpc) is 2.67. The van der Waals surface area contributed by atoms with Crippen LogP contribution in [0.15, 0.2) is 89.4 Å². The zero-order valence-electron chi connectivity index (χ0n) is 13.7. The fourth-order valence-electron chi connectivity index (χ4n) is 3.30. The number of nitro benzene ring substituents is 1. The summed E-state index contributed by atoms with van der Waals surface area (Å²) in [5.41, 5.74) is 3.59. The molecule has 4 rings (SSSR count). The van der Waals surface area contributed by atoms with Crippen LogP contribution >= 0.6 is 15.9 Å². The van der Waals surface area contributed by atoms with Crippen LogP contribution in [-0.2, 0) is 0 Å². The molecule has 0 amide bonds. The minimum absolute atomic E-state index is 0.0978. The number of nitro groups is 1. The zero-order chi connectivity index (χ0) is 18.1. The third kappa shape index (κ3) is 2.89. The van der Waals surface area contributed by atoms with Gasteiger partial charge in [0.2, 0.25) is 0 Å². The molecular formula is C22H14BrNO2. The van der Waals surface area contributed by atoms with Gasteiger partial charge in [-0.3, -0.25) is 10.1 Å². The van der Waals surface area contributed by atoms with E-state index in [1.807, 2.05) is 60.7 Å². The third-order valence-electron chi connectivity index (χ3n) is 4.44. The summed E-state index contributed by atoms with van der Waals surface area (Å²) >= 11 is 3.45. The summed E-state index contributed by atoms with van der Waals surface area (Å²) in [4.78, 5) is 11.3. The highest BCUT2D eigenvalue weighted by molar-refractivity contribution is 9.10. The first-order valence-corrected chi connectivity index (χ1v) is 8.96. The van der Waals surface area contributed by atoms with E-state index in [0.717, 1.165) is 31.9 Å². The van der Waals surface area contributed by atoms with Crippen molar-refractivity contribution in [2.24, 2.45) is 0 Å². The van der Waals surface area contributed by atoms with Gasteiger partial charge in [-0.1, -0.05) is 82.7 Å².